The van der Waals surface area contributed by atoms with E-state index in [1.165, 1.54) is 14.2 Å². The topological polar surface area (TPSA) is 114 Å². The lowest BCUT2D eigenvalue weighted by Gasteiger charge is -2.25. The Labute approximate surface area is 211 Å². The van der Waals surface area contributed by atoms with Crippen molar-refractivity contribution >= 4 is 51.0 Å². The first-order valence-electron chi connectivity index (χ1n) is 10.7. The van der Waals surface area contributed by atoms with Crippen LogP contribution in [0.5, 0.6) is 11.5 Å². The van der Waals surface area contributed by atoms with E-state index in [1.807, 2.05) is 0 Å². The van der Waals surface area contributed by atoms with E-state index in [1.54, 1.807) is 30.3 Å². The highest BCUT2D eigenvalue weighted by atomic mass is 79.9. The molecule has 0 heterocycles. The summed E-state index contributed by atoms with van der Waals surface area (Å²) in [7, 11) is 3.02. The van der Waals surface area contributed by atoms with Crippen molar-refractivity contribution in [1.82, 2.24) is 5.32 Å². The molecule has 0 aliphatic heterocycles. The summed E-state index contributed by atoms with van der Waals surface area (Å²) in [6, 6.07) is 8.40. The Morgan fingerprint density at radius 3 is 2.26 bits per heavy atom. The lowest BCUT2D eigenvalue weighted by molar-refractivity contribution is -0.143. The summed E-state index contributed by atoms with van der Waals surface area (Å²) in [5.74, 6) is -1.19. The Balaban J connectivity index is 1.74. The molecule has 1 saturated carbocycles. The first kappa shape index (κ1) is 25.8. The molecule has 2 amide bonds. The van der Waals surface area contributed by atoms with E-state index in [4.69, 9.17) is 21.1 Å². The van der Waals surface area contributed by atoms with Crippen molar-refractivity contribution < 1.29 is 29.0 Å². The molecule has 2 aromatic carbocycles. The molecule has 0 atom stereocenters. The summed E-state index contributed by atoms with van der Waals surface area (Å²) in [6.07, 6.45) is 1.87. The average Bonchev–Trinajstić information content (AvgIpc) is 2.83. The molecule has 0 spiro atoms. The van der Waals surface area contributed by atoms with Gasteiger partial charge in [0.15, 0.2) is 0 Å². The third-order valence-corrected chi connectivity index (χ3v) is 6.83. The molecular weight excluding hydrogens is 528 g/mol. The Morgan fingerprint density at radius 2 is 1.68 bits per heavy atom. The molecule has 34 heavy (non-hydrogen) atoms. The van der Waals surface area contributed by atoms with E-state index in [9.17, 15) is 19.5 Å². The number of carbonyl (C=O) groups excluding carboxylic acids is 2. The molecule has 10 heteroatoms. The van der Waals surface area contributed by atoms with Gasteiger partial charge in [0.1, 0.15) is 11.5 Å². The van der Waals surface area contributed by atoms with Gasteiger partial charge in [-0.2, -0.15) is 0 Å². The number of nitrogens with one attached hydrogen (secondary N) is 2. The maximum atomic E-state index is 13.0. The fraction of sp³-hybridized carbons (Fsp3) is 0.375. The highest BCUT2D eigenvalue weighted by molar-refractivity contribution is 9.10. The van der Waals surface area contributed by atoms with Gasteiger partial charge in [0.2, 0.25) is 5.91 Å². The fourth-order valence-electron chi connectivity index (χ4n) is 3.94. The Hall–Kier alpha value is -2.78. The number of carboxylic acid groups (broad SMARTS) is 1. The third-order valence-electron chi connectivity index (χ3n) is 5.91. The number of ether oxygens (including phenoxy) is 2. The van der Waals surface area contributed by atoms with Crippen LogP contribution in [0.15, 0.2) is 34.8 Å². The van der Waals surface area contributed by atoms with Crippen LogP contribution in [-0.2, 0) is 16.1 Å². The van der Waals surface area contributed by atoms with Gasteiger partial charge in [-0.3, -0.25) is 14.4 Å². The van der Waals surface area contributed by atoms with Crippen LogP contribution in [0.1, 0.15) is 41.6 Å². The lowest BCUT2D eigenvalue weighted by atomic mass is 9.81. The van der Waals surface area contributed by atoms with Crippen LogP contribution in [0.3, 0.4) is 0 Å². The molecule has 3 rings (SSSR count). The second kappa shape index (κ2) is 11.6. The molecule has 3 N–H and O–H groups in total. The zero-order chi connectivity index (χ0) is 24.8. The molecule has 1 fully saturated rings. The number of rotatable bonds is 8. The van der Waals surface area contributed by atoms with Gasteiger partial charge < -0.3 is 25.2 Å². The molecule has 0 radical (unpaired) electrons. The summed E-state index contributed by atoms with van der Waals surface area (Å²) in [4.78, 5) is 37.1. The number of aliphatic carboxylic acids is 1. The molecule has 1 aliphatic carbocycles. The number of hydrogen-bond donors (Lipinski definition) is 3. The molecule has 1 aliphatic rings. The minimum Gasteiger partial charge on any atom is -0.495 e. The maximum Gasteiger partial charge on any atom is 0.306 e. The normalized spacial score (nSPS) is 17.5. The predicted molar refractivity (Wildman–Crippen MR) is 132 cm³/mol. The Morgan fingerprint density at radius 1 is 1.03 bits per heavy atom. The van der Waals surface area contributed by atoms with Gasteiger partial charge in [0.25, 0.3) is 5.91 Å². The third kappa shape index (κ3) is 6.21. The van der Waals surface area contributed by atoms with E-state index in [2.05, 4.69) is 26.6 Å². The SMILES string of the molecule is COc1ccc(CNC(=O)c2cc(Br)c(OC)cc2NC(=O)C2CCC(C(=O)O)CC2)cc1Cl. The zero-order valence-electron chi connectivity index (χ0n) is 18.8. The van der Waals surface area contributed by atoms with Crippen LogP contribution < -0.4 is 20.1 Å². The number of hydrogen-bond acceptors (Lipinski definition) is 5. The average molecular weight is 554 g/mol. The van der Waals surface area contributed by atoms with E-state index in [-0.39, 0.29) is 29.8 Å². The van der Waals surface area contributed by atoms with Crippen LogP contribution in [0.2, 0.25) is 5.02 Å². The lowest BCUT2D eigenvalue weighted by Crippen LogP contribution is -2.31. The van der Waals surface area contributed by atoms with Crippen LogP contribution >= 0.6 is 27.5 Å². The molecule has 0 aromatic heterocycles. The first-order valence-corrected chi connectivity index (χ1v) is 11.9. The van der Waals surface area contributed by atoms with E-state index >= 15 is 0 Å². The monoisotopic (exact) mass is 552 g/mol. The second-order valence-corrected chi connectivity index (χ2v) is 9.32. The standard InChI is InChI=1S/C24H26BrClN2O6/c1-33-20-8-3-13(9-18(20)26)12-27-23(30)16-10-17(25)21(34-2)11-19(16)28-22(29)14-4-6-15(7-5-14)24(31)32/h3,8-11,14-15H,4-7,12H2,1-2H3,(H,27,30)(H,28,29)(H,31,32). The van der Waals surface area contributed by atoms with Crippen molar-refractivity contribution in [3.63, 3.8) is 0 Å². The van der Waals surface area contributed by atoms with Crippen LogP contribution in [0.4, 0.5) is 5.69 Å². The van der Waals surface area contributed by atoms with Crippen molar-refractivity contribution in [1.29, 1.82) is 0 Å². The highest BCUT2D eigenvalue weighted by Gasteiger charge is 2.30. The van der Waals surface area contributed by atoms with Crippen LogP contribution in [-0.4, -0.2) is 37.1 Å². The molecule has 0 saturated heterocycles. The fourth-order valence-corrected chi connectivity index (χ4v) is 4.72. The molecule has 8 nitrogen and oxygen atoms in total. The maximum absolute atomic E-state index is 13.0. The molecular formula is C24H26BrClN2O6. The summed E-state index contributed by atoms with van der Waals surface area (Å²) in [5.41, 5.74) is 1.36. The van der Waals surface area contributed by atoms with Gasteiger partial charge in [-0.05, 0) is 65.4 Å². The number of carbonyl (C=O) groups is 3. The minimum atomic E-state index is -0.825. The molecule has 2 aromatic rings. The number of amides is 2. The number of anilines is 1. The number of benzene rings is 2. The molecule has 182 valence electrons. The van der Waals surface area contributed by atoms with Gasteiger partial charge >= 0.3 is 5.97 Å². The van der Waals surface area contributed by atoms with Gasteiger partial charge in [0.05, 0.1) is 40.9 Å². The largest absolute Gasteiger partial charge is 0.495 e. The van der Waals surface area contributed by atoms with E-state index < -0.39 is 11.9 Å². The second-order valence-electron chi connectivity index (χ2n) is 8.06. The quantitative estimate of drug-likeness (QED) is 0.429. The van der Waals surface area contributed by atoms with E-state index in [0.29, 0.717) is 52.4 Å². The van der Waals surface area contributed by atoms with Gasteiger partial charge in [0, 0.05) is 18.5 Å². The summed E-state index contributed by atoms with van der Waals surface area (Å²) in [5, 5.41) is 15.3. The molecule has 0 unspecified atom stereocenters. The smallest absolute Gasteiger partial charge is 0.306 e. The summed E-state index contributed by atoms with van der Waals surface area (Å²) in [6.45, 7) is 0.221. The summed E-state index contributed by atoms with van der Waals surface area (Å²) >= 11 is 9.55. The van der Waals surface area contributed by atoms with Crippen molar-refractivity contribution in [2.45, 2.75) is 32.2 Å². The van der Waals surface area contributed by atoms with Crippen molar-refractivity contribution in [2.75, 3.05) is 19.5 Å². The first-order chi connectivity index (χ1) is 16.2. The van der Waals surface area contributed by atoms with Crippen LogP contribution in [0.25, 0.3) is 0 Å². The number of carboxylic acids is 1. The van der Waals surface area contributed by atoms with Crippen LogP contribution in [0, 0.1) is 11.8 Å². The minimum absolute atomic E-state index is 0.221. The molecule has 0 bridgehead atoms. The predicted octanol–water partition coefficient (Wildman–Crippen LogP) is 4.88. The van der Waals surface area contributed by atoms with Gasteiger partial charge in [-0.25, -0.2) is 0 Å². The van der Waals surface area contributed by atoms with Crippen molar-refractivity contribution in [2.24, 2.45) is 11.8 Å². The van der Waals surface area contributed by atoms with Crippen molar-refractivity contribution in [3.05, 3.63) is 51.0 Å². The highest BCUT2D eigenvalue weighted by Crippen LogP contribution is 2.34. The van der Waals surface area contributed by atoms with Crippen molar-refractivity contribution in [3.8, 4) is 11.5 Å². The Kier molecular flexibility index (Phi) is 8.79. The zero-order valence-corrected chi connectivity index (χ0v) is 21.2. The summed E-state index contributed by atoms with van der Waals surface area (Å²) < 4.78 is 11.0. The van der Waals surface area contributed by atoms with E-state index in [0.717, 1.165) is 5.56 Å². The van der Waals surface area contributed by atoms with Gasteiger partial charge in [-0.1, -0.05) is 17.7 Å². The number of halogens is 2. The van der Waals surface area contributed by atoms with Gasteiger partial charge in [-0.15, -0.1) is 0 Å². The number of methoxy groups -OCH3 is 2. The Bertz CT molecular complexity index is 1090.